The lowest BCUT2D eigenvalue weighted by Crippen LogP contribution is -2.49. The van der Waals surface area contributed by atoms with Crippen LogP contribution in [0.2, 0.25) is 5.02 Å². The number of hydrogen-bond acceptors (Lipinski definition) is 3. The number of nitrogens with zero attached hydrogens (tertiary/aromatic N) is 1. The second-order valence-corrected chi connectivity index (χ2v) is 11.0. The first-order chi connectivity index (χ1) is 18.1. The normalized spacial score (nSPS) is 17.3. The fourth-order valence-corrected chi connectivity index (χ4v) is 4.96. The Bertz CT molecular complexity index is 1310. The molecule has 0 spiro atoms. The summed E-state index contributed by atoms with van der Waals surface area (Å²) in [5, 5.41) is 9.07. The van der Waals surface area contributed by atoms with Gasteiger partial charge in [-0.1, -0.05) is 66.2 Å². The molecular formula is C30H33ClN4O3. The molecular weight excluding hydrogens is 500 g/mol. The molecule has 198 valence electrons. The predicted molar refractivity (Wildman–Crippen MR) is 152 cm³/mol. The molecule has 0 fully saturated rings. The summed E-state index contributed by atoms with van der Waals surface area (Å²) in [5.74, 6) is -1.10. The number of anilines is 2. The van der Waals surface area contributed by atoms with E-state index in [0.717, 1.165) is 11.1 Å². The minimum atomic E-state index is -0.555. The van der Waals surface area contributed by atoms with Gasteiger partial charge in [0.05, 0.1) is 5.92 Å². The van der Waals surface area contributed by atoms with Crippen molar-refractivity contribution in [3.63, 3.8) is 0 Å². The molecule has 0 unspecified atom stereocenters. The summed E-state index contributed by atoms with van der Waals surface area (Å²) in [6, 6.07) is 24.1. The van der Waals surface area contributed by atoms with Gasteiger partial charge in [-0.25, -0.2) is 4.79 Å². The van der Waals surface area contributed by atoms with E-state index in [0.29, 0.717) is 22.8 Å². The van der Waals surface area contributed by atoms with Gasteiger partial charge in [0.1, 0.15) is 6.54 Å². The summed E-state index contributed by atoms with van der Waals surface area (Å²) in [6.07, 6.45) is 0.481. The van der Waals surface area contributed by atoms with E-state index in [1.54, 1.807) is 29.2 Å². The van der Waals surface area contributed by atoms with Gasteiger partial charge in [0.15, 0.2) is 0 Å². The maximum atomic E-state index is 14.0. The molecule has 38 heavy (non-hydrogen) atoms. The van der Waals surface area contributed by atoms with Crippen LogP contribution in [-0.2, 0) is 9.59 Å². The van der Waals surface area contributed by atoms with Crippen molar-refractivity contribution in [2.24, 2.45) is 5.92 Å². The van der Waals surface area contributed by atoms with E-state index in [1.807, 2.05) is 75.4 Å². The maximum absolute atomic E-state index is 14.0. The molecule has 0 aliphatic carbocycles. The Balaban J connectivity index is 1.62. The number of amides is 4. The van der Waals surface area contributed by atoms with E-state index >= 15 is 0 Å². The van der Waals surface area contributed by atoms with Crippen molar-refractivity contribution in [2.45, 2.75) is 38.6 Å². The van der Waals surface area contributed by atoms with Gasteiger partial charge >= 0.3 is 6.03 Å². The summed E-state index contributed by atoms with van der Waals surface area (Å²) in [4.78, 5) is 41.2. The van der Waals surface area contributed by atoms with E-state index in [9.17, 15) is 14.4 Å². The third-order valence-electron chi connectivity index (χ3n) is 6.35. The molecule has 0 radical (unpaired) electrons. The molecule has 7 nitrogen and oxygen atoms in total. The van der Waals surface area contributed by atoms with Gasteiger partial charge < -0.3 is 20.9 Å². The number of carbonyl (C=O) groups excluding carboxylic acids is 3. The van der Waals surface area contributed by atoms with Crippen LogP contribution in [0.5, 0.6) is 0 Å². The maximum Gasteiger partial charge on any atom is 0.319 e. The molecule has 4 rings (SSSR count). The fraction of sp³-hybridized carbons (Fsp3) is 0.300. The van der Waals surface area contributed by atoms with E-state index < -0.39 is 17.5 Å². The number of halogens is 1. The van der Waals surface area contributed by atoms with Gasteiger partial charge in [0.25, 0.3) is 0 Å². The molecule has 3 N–H and O–H groups in total. The Labute approximate surface area is 228 Å². The monoisotopic (exact) mass is 532 g/mol. The third kappa shape index (κ3) is 6.92. The average molecular weight is 533 g/mol. The molecule has 8 heteroatoms. The summed E-state index contributed by atoms with van der Waals surface area (Å²) in [6.45, 7) is 5.71. The van der Waals surface area contributed by atoms with Crippen molar-refractivity contribution < 1.29 is 14.4 Å². The van der Waals surface area contributed by atoms with Gasteiger partial charge in [-0.2, -0.15) is 0 Å². The summed E-state index contributed by atoms with van der Waals surface area (Å²) in [7, 11) is 0. The molecule has 0 saturated carbocycles. The summed E-state index contributed by atoms with van der Waals surface area (Å²) in [5.41, 5.74) is 2.87. The van der Waals surface area contributed by atoms with Crippen LogP contribution < -0.4 is 20.9 Å². The van der Waals surface area contributed by atoms with Crippen LogP contribution in [0.15, 0.2) is 78.9 Å². The zero-order valence-corrected chi connectivity index (χ0v) is 22.6. The van der Waals surface area contributed by atoms with Gasteiger partial charge in [0.2, 0.25) is 11.8 Å². The lowest BCUT2D eigenvalue weighted by atomic mass is 9.84. The van der Waals surface area contributed by atoms with Gasteiger partial charge in [-0.05, 0) is 62.6 Å². The molecule has 0 aromatic heterocycles. The first-order valence-electron chi connectivity index (χ1n) is 12.7. The molecule has 4 amide bonds. The number of urea groups is 1. The number of benzene rings is 3. The van der Waals surface area contributed by atoms with Crippen molar-refractivity contribution in [3.8, 4) is 0 Å². The van der Waals surface area contributed by atoms with Crippen molar-refractivity contribution in [1.29, 1.82) is 0 Å². The molecule has 3 aromatic carbocycles. The molecule has 1 aliphatic rings. The van der Waals surface area contributed by atoms with Crippen LogP contribution >= 0.6 is 11.6 Å². The van der Waals surface area contributed by atoms with Crippen LogP contribution in [0.25, 0.3) is 0 Å². The van der Waals surface area contributed by atoms with Gasteiger partial charge in [-0.15, -0.1) is 0 Å². The Hall–Kier alpha value is -3.84. The van der Waals surface area contributed by atoms with Crippen LogP contribution in [0, 0.1) is 5.92 Å². The minimum Gasteiger partial charge on any atom is -0.350 e. The fourth-order valence-electron chi connectivity index (χ4n) is 4.77. The highest BCUT2D eigenvalue weighted by atomic mass is 35.5. The van der Waals surface area contributed by atoms with Gasteiger partial charge in [0, 0.05) is 34.4 Å². The SMILES string of the molecule is CC(C)(C)NC(=O)CN1C(=O)[C@@H](CNC(=O)Nc2cccc(Cl)c2)C[C@H](c2ccccc2)c2ccccc21. The molecule has 2 atom stereocenters. The second kappa shape index (κ2) is 11.7. The average Bonchev–Trinajstić information content (AvgIpc) is 2.97. The van der Waals surface area contributed by atoms with Gasteiger partial charge in [-0.3, -0.25) is 9.59 Å². The van der Waals surface area contributed by atoms with Crippen LogP contribution in [-0.4, -0.2) is 36.5 Å². The van der Waals surface area contributed by atoms with E-state index in [2.05, 4.69) is 16.0 Å². The Morgan fingerprint density at radius 1 is 0.974 bits per heavy atom. The number of para-hydroxylation sites is 1. The predicted octanol–water partition coefficient (Wildman–Crippen LogP) is 5.56. The number of carbonyl (C=O) groups is 3. The minimum absolute atomic E-state index is 0.0881. The van der Waals surface area contributed by atoms with Crippen molar-refractivity contribution in [3.05, 3.63) is 95.0 Å². The van der Waals surface area contributed by atoms with Crippen molar-refractivity contribution in [2.75, 3.05) is 23.3 Å². The smallest absolute Gasteiger partial charge is 0.319 e. The zero-order valence-electron chi connectivity index (χ0n) is 21.8. The van der Waals surface area contributed by atoms with Crippen molar-refractivity contribution >= 4 is 40.8 Å². The molecule has 1 aliphatic heterocycles. The molecule has 1 heterocycles. The number of rotatable bonds is 6. The third-order valence-corrected chi connectivity index (χ3v) is 6.58. The first kappa shape index (κ1) is 27.2. The molecule has 0 saturated heterocycles. The topological polar surface area (TPSA) is 90.5 Å². The Morgan fingerprint density at radius 3 is 2.39 bits per heavy atom. The summed E-state index contributed by atoms with van der Waals surface area (Å²) < 4.78 is 0. The molecule has 0 bridgehead atoms. The molecule has 3 aromatic rings. The quantitative estimate of drug-likeness (QED) is 0.388. The van der Waals surface area contributed by atoms with Crippen molar-refractivity contribution in [1.82, 2.24) is 10.6 Å². The largest absolute Gasteiger partial charge is 0.350 e. The lowest BCUT2D eigenvalue weighted by molar-refractivity contribution is -0.126. The highest BCUT2D eigenvalue weighted by Gasteiger charge is 2.36. The van der Waals surface area contributed by atoms with Crippen LogP contribution in [0.1, 0.15) is 44.2 Å². The Morgan fingerprint density at radius 2 is 1.68 bits per heavy atom. The Kier molecular flexibility index (Phi) is 8.37. The highest BCUT2D eigenvalue weighted by molar-refractivity contribution is 6.30. The second-order valence-electron chi connectivity index (χ2n) is 10.5. The van der Waals surface area contributed by atoms with E-state index in [-0.39, 0.29) is 30.8 Å². The van der Waals surface area contributed by atoms with Crippen LogP contribution in [0.4, 0.5) is 16.2 Å². The lowest BCUT2D eigenvalue weighted by Gasteiger charge is -2.28. The number of fused-ring (bicyclic) bond motifs is 1. The zero-order chi connectivity index (χ0) is 27.3. The standard InChI is InChI=1S/C30H33ClN4O3/c1-30(2,3)34-27(36)19-35-26-15-8-7-14-24(26)25(20-10-5-4-6-11-20)16-21(28(35)37)18-32-29(38)33-23-13-9-12-22(31)17-23/h4-15,17,21,25H,16,18-19H2,1-3H3,(H,34,36)(H2,32,33,38)/t21-,25-/m1/s1. The highest BCUT2D eigenvalue weighted by Crippen LogP contribution is 2.40. The number of nitrogens with one attached hydrogen (secondary N) is 3. The van der Waals surface area contributed by atoms with E-state index in [4.69, 9.17) is 11.6 Å². The van der Waals surface area contributed by atoms with Crippen LogP contribution in [0.3, 0.4) is 0 Å². The first-order valence-corrected chi connectivity index (χ1v) is 13.1. The summed E-state index contributed by atoms with van der Waals surface area (Å²) >= 11 is 6.03. The number of hydrogen-bond donors (Lipinski definition) is 3. The van der Waals surface area contributed by atoms with E-state index in [1.165, 1.54) is 0 Å².